The quantitative estimate of drug-likeness (QED) is 0.574. The summed E-state index contributed by atoms with van der Waals surface area (Å²) in [6, 6.07) is 4.13. The van der Waals surface area contributed by atoms with Crippen LogP contribution in [-0.4, -0.2) is 13.0 Å². The van der Waals surface area contributed by atoms with Crippen LogP contribution in [0.2, 0.25) is 0 Å². The highest BCUT2D eigenvalue weighted by Crippen LogP contribution is 2.29. The topological polar surface area (TPSA) is 21.3 Å². The first kappa shape index (κ1) is 10.3. The van der Waals surface area contributed by atoms with E-state index in [-0.39, 0.29) is 0 Å². The summed E-state index contributed by atoms with van der Waals surface area (Å²) in [6.45, 7) is 4.11. The van der Waals surface area contributed by atoms with E-state index in [9.17, 15) is 0 Å². The van der Waals surface area contributed by atoms with Crippen molar-refractivity contribution < 1.29 is 4.74 Å². The Morgan fingerprint density at radius 3 is 2.62 bits per heavy atom. The second kappa shape index (κ2) is 4.42. The van der Waals surface area contributed by atoms with E-state index in [0.29, 0.717) is 5.88 Å². The Bertz CT molecular complexity index is 299. The van der Waals surface area contributed by atoms with Gasteiger partial charge >= 0.3 is 0 Å². The van der Waals surface area contributed by atoms with Gasteiger partial charge in [-0.05, 0) is 31.0 Å². The van der Waals surface area contributed by atoms with Crippen molar-refractivity contribution in [2.24, 2.45) is 0 Å². The summed E-state index contributed by atoms with van der Waals surface area (Å²) >= 11 is 4.12. The summed E-state index contributed by atoms with van der Waals surface area (Å²) in [4.78, 5) is 0. The molecule has 0 saturated carbocycles. The predicted octanol–water partition coefficient (Wildman–Crippen LogP) is 2.61. The largest absolute Gasteiger partial charge is 0.495 e. The molecule has 0 fully saturated rings. The van der Waals surface area contributed by atoms with Crippen LogP contribution in [-0.2, 0) is 0 Å². The maximum atomic E-state index is 5.26. The second-order valence-electron chi connectivity index (χ2n) is 2.99. The van der Waals surface area contributed by atoms with Gasteiger partial charge in [-0.3, -0.25) is 0 Å². The number of ether oxygens (including phenoxy) is 1. The van der Waals surface area contributed by atoms with Crippen LogP contribution in [0.25, 0.3) is 0 Å². The third kappa shape index (κ3) is 2.31. The average Bonchev–Trinajstić information content (AvgIpc) is 2.09. The number of nitrogens with one attached hydrogen (secondary N) is 1. The van der Waals surface area contributed by atoms with Crippen molar-refractivity contribution >= 4 is 18.3 Å². The fraction of sp³-hybridized carbons (Fsp3) is 0.400. The smallest absolute Gasteiger partial charge is 0.142 e. The first-order valence-corrected chi connectivity index (χ1v) is 4.82. The van der Waals surface area contributed by atoms with Crippen LogP contribution in [0.15, 0.2) is 12.1 Å². The summed E-state index contributed by atoms with van der Waals surface area (Å²) in [5, 5.41) is 3.16. The Balaban J connectivity index is 3.13. The van der Waals surface area contributed by atoms with Gasteiger partial charge in [0.2, 0.25) is 0 Å². The summed E-state index contributed by atoms with van der Waals surface area (Å²) in [5.74, 6) is 1.49. The highest BCUT2D eigenvalue weighted by molar-refractivity contribution is 7.80. The van der Waals surface area contributed by atoms with Gasteiger partial charge in [0, 0.05) is 0 Å². The molecular formula is C10H15NOS. The molecule has 1 rings (SSSR count). The van der Waals surface area contributed by atoms with E-state index in [1.807, 2.05) is 6.07 Å². The molecule has 0 heterocycles. The minimum atomic E-state index is 0.611. The molecule has 0 aliphatic heterocycles. The number of rotatable bonds is 3. The van der Waals surface area contributed by atoms with E-state index >= 15 is 0 Å². The third-order valence-corrected chi connectivity index (χ3v) is 2.08. The Morgan fingerprint density at radius 1 is 1.38 bits per heavy atom. The van der Waals surface area contributed by atoms with Crippen LogP contribution in [0.1, 0.15) is 11.1 Å². The predicted molar refractivity (Wildman–Crippen MR) is 59.9 cm³/mol. The molecule has 1 N–H and O–H groups in total. The van der Waals surface area contributed by atoms with Crippen LogP contribution in [0.3, 0.4) is 0 Å². The van der Waals surface area contributed by atoms with Gasteiger partial charge < -0.3 is 10.1 Å². The van der Waals surface area contributed by atoms with E-state index in [0.717, 1.165) is 11.4 Å². The first-order valence-electron chi connectivity index (χ1n) is 4.19. The lowest BCUT2D eigenvalue weighted by molar-refractivity contribution is 0.416. The minimum Gasteiger partial charge on any atom is -0.495 e. The summed E-state index contributed by atoms with van der Waals surface area (Å²) in [5.41, 5.74) is 3.42. The molecule has 1 aromatic rings. The average molecular weight is 197 g/mol. The number of hydrogen-bond donors (Lipinski definition) is 2. The molecule has 3 heteroatoms. The standard InChI is InChI=1S/C10H15NOS/c1-7-4-8(2)10(11-6-13)9(5-7)12-3/h4-5,11,13H,6H2,1-3H3. The van der Waals surface area contributed by atoms with Crippen molar-refractivity contribution in [3.05, 3.63) is 23.3 Å². The Kier molecular flexibility index (Phi) is 3.48. The van der Waals surface area contributed by atoms with Crippen LogP contribution in [0.4, 0.5) is 5.69 Å². The summed E-state index contributed by atoms with van der Waals surface area (Å²) in [7, 11) is 1.68. The van der Waals surface area contributed by atoms with Gasteiger partial charge in [-0.1, -0.05) is 6.07 Å². The van der Waals surface area contributed by atoms with E-state index in [4.69, 9.17) is 4.74 Å². The monoisotopic (exact) mass is 197 g/mol. The van der Waals surface area contributed by atoms with Crippen molar-refractivity contribution in [3.63, 3.8) is 0 Å². The lowest BCUT2D eigenvalue weighted by Gasteiger charge is -2.13. The van der Waals surface area contributed by atoms with Crippen LogP contribution in [0, 0.1) is 13.8 Å². The highest BCUT2D eigenvalue weighted by Gasteiger charge is 2.05. The zero-order valence-electron chi connectivity index (χ0n) is 8.22. The maximum absolute atomic E-state index is 5.26. The Hall–Kier alpha value is -0.830. The molecule has 0 atom stereocenters. The van der Waals surface area contributed by atoms with Gasteiger partial charge in [-0.15, -0.1) is 0 Å². The Labute approximate surface area is 84.7 Å². The zero-order valence-corrected chi connectivity index (χ0v) is 9.11. The molecule has 0 aromatic heterocycles. The molecule has 1 aromatic carbocycles. The van der Waals surface area contributed by atoms with Gasteiger partial charge in [0.1, 0.15) is 5.75 Å². The molecule has 0 unspecified atom stereocenters. The van der Waals surface area contributed by atoms with Crippen molar-refractivity contribution in [1.29, 1.82) is 0 Å². The second-order valence-corrected chi connectivity index (χ2v) is 3.31. The molecule has 13 heavy (non-hydrogen) atoms. The van der Waals surface area contributed by atoms with Gasteiger partial charge in [0.15, 0.2) is 0 Å². The van der Waals surface area contributed by atoms with E-state index in [2.05, 4.69) is 37.9 Å². The lowest BCUT2D eigenvalue weighted by atomic mass is 10.1. The van der Waals surface area contributed by atoms with Crippen molar-refractivity contribution in [1.82, 2.24) is 0 Å². The van der Waals surface area contributed by atoms with Gasteiger partial charge in [0.05, 0.1) is 18.7 Å². The number of hydrogen-bond acceptors (Lipinski definition) is 3. The van der Waals surface area contributed by atoms with Crippen molar-refractivity contribution in [2.75, 3.05) is 18.3 Å². The number of benzene rings is 1. The molecule has 0 aliphatic carbocycles. The molecule has 0 radical (unpaired) electrons. The number of aryl methyl sites for hydroxylation is 2. The molecule has 2 nitrogen and oxygen atoms in total. The molecular weight excluding hydrogens is 182 g/mol. The Morgan fingerprint density at radius 2 is 2.08 bits per heavy atom. The van der Waals surface area contributed by atoms with Gasteiger partial charge in [-0.25, -0.2) is 0 Å². The fourth-order valence-electron chi connectivity index (χ4n) is 1.40. The molecule has 0 aliphatic rings. The van der Waals surface area contributed by atoms with Crippen LogP contribution in [0.5, 0.6) is 5.75 Å². The SMILES string of the molecule is COc1cc(C)cc(C)c1NCS. The molecule has 0 amide bonds. The summed E-state index contributed by atoms with van der Waals surface area (Å²) < 4.78 is 5.26. The zero-order chi connectivity index (χ0) is 9.84. The van der Waals surface area contributed by atoms with Crippen molar-refractivity contribution in [2.45, 2.75) is 13.8 Å². The summed E-state index contributed by atoms with van der Waals surface area (Å²) in [6.07, 6.45) is 0. The normalized spacial score (nSPS) is 9.85. The van der Waals surface area contributed by atoms with Crippen LogP contribution < -0.4 is 10.1 Å². The highest BCUT2D eigenvalue weighted by atomic mass is 32.1. The molecule has 0 saturated heterocycles. The van der Waals surface area contributed by atoms with Crippen molar-refractivity contribution in [3.8, 4) is 5.75 Å². The molecule has 0 spiro atoms. The first-order chi connectivity index (χ1) is 6.19. The number of anilines is 1. The van der Waals surface area contributed by atoms with E-state index < -0.39 is 0 Å². The lowest BCUT2D eigenvalue weighted by Crippen LogP contribution is -2.00. The third-order valence-electron chi connectivity index (χ3n) is 1.92. The molecule has 72 valence electrons. The minimum absolute atomic E-state index is 0.611. The maximum Gasteiger partial charge on any atom is 0.142 e. The number of methoxy groups -OCH3 is 1. The van der Waals surface area contributed by atoms with E-state index in [1.165, 1.54) is 11.1 Å². The van der Waals surface area contributed by atoms with Gasteiger partial charge in [0.25, 0.3) is 0 Å². The number of thiol groups is 1. The van der Waals surface area contributed by atoms with Gasteiger partial charge in [-0.2, -0.15) is 12.6 Å². The van der Waals surface area contributed by atoms with E-state index in [1.54, 1.807) is 7.11 Å². The fourth-order valence-corrected chi connectivity index (χ4v) is 1.55. The molecule has 0 bridgehead atoms. The van der Waals surface area contributed by atoms with Crippen LogP contribution >= 0.6 is 12.6 Å².